The van der Waals surface area contributed by atoms with Crippen molar-refractivity contribution in [2.45, 2.75) is 63.6 Å². The smallest absolute Gasteiger partial charge is 0.168 e. The van der Waals surface area contributed by atoms with E-state index in [9.17, 15) is 0 Å². The van der Waals surface area contributed by atoms with E-state index in [2.05, 4.69) is 15.6 Å². The topological polar surface area (TPSA) is 46.2 Å². The molecule has 2 aliphatic rings. The van der Waals surface area contributed by atoms with Gasteiger partial charge in [-0.3, -0.25) is 0 Å². The Morgan fingerprint density at radius 1 is 1.45 bits per heavy atom. The van der Waals surface area contributed by atoms with E-state index in [1.807, 2.05) is 32.2 Å². The lowest BCUT2D eigenvalue weighted by atomic mass is 9.70. The molecule has 1 unspecified atom stereocenters. The zero-order valence-corrected chi connectivity index (χ0v) is 12.5. The maximum Gasteiger partial charge on any atom is 0.168 e. The van der Waals surface area contributed by atoms with Crippen LogP contribution in [0.1, 0.15) is 46.0 Å². The van der Waals surface area contributed by atoms with Crippen LogP contribution in [0, 0.1) is 0 Å². The average Bonchev–Trinajstić information content (AvgIpc) is 2.39. The molecule has 2 N–H and O–H groups in total. The molecule has 0 amide bonds. The SMILES string of the molecule is CC(C)Oc1cccnc1NC1CCNC2(CCC2)C1. The van der Waals surface area contributed by atoms with E-state index in [4.69, 9.17) is 4.74 Å². The van der Waals surface area contributed by atoms with E-state index in [0.29, 0.717) is 11.6 Å². The van der Waals surface area contributed by atoms with E-state index in [1.165, 1.54) is 25.7 Å². The first-order valence-electron chi connectivity index (χ1n) is 7.80. The fourth-order valence-electron chi connectivity index (χ4n) is 3.31. The molecule has 4 heteroatoms. The van der Waals surface area contributed by atoms with Gasteiger partial charge < -0.3 is 15.4 Å². The molecule has 3 rings (SSSR count). The standard InChI is InChI=1S/C16H25N3O/c1-12(2)20-14-5-3-9-17-15(14)19-13-6-10-18-16(11-13)7-4-8-16/h3,5,9,12-13,18H,4,6-8,10-11H2,1-2H3,(H,17,19). The minimum atomic E-state index is 0.172. The molecule has 1 aliphatic carbocycles. The first-order valence-corrected chi connectivity index (χ1v) is 7.80. The van der Waals surface area contributed by atoms with Crippen LogP contribution in [0.15, 0.2) is 18.3 Å². The summed E-state index contributed by atoms with van der Waals surface area (Å²) in [6.45, 7) is 5.19. The first kappa shape index (κ1) is 13.7. The van der Waals surface area contributed by atoms with Crippen LogP contribution in [-0.4, -0.2) is 29.2 Å². The summed E-state index contributed by atoms with van der Waals surface area (Å²) in [4.78, 5) is 4.46. The summed E-state index contributed by atoms with van der Waals surface area (Å²) >= 11 is 0. The van der Waals surface area contributed by atoms with Gasteiger partial charge in [-0.1, -0.05) is 0 Å². The minimum absolute atomic E-state index is 0.172. The second kappa shape index (κ2) is 5.60. The van der Waals surface area contributed by atoms with Gasteiger partial charge in [0.2, 0.25) is 0 Å². The fourth-order valence-corrected chi connectivity index (χ4v) is 3.31. The van der Waals surface area contributed by atoms with Crippen molar-refractivity contribution < 1.29 is 4.74 Å². The Bertz CT molecular complexity index is 457. The number of piperidine rings is 1. The highest BCUT2D eigenvalue weighted by Crippen LogP contribution is 2.39. The minimum Gasteiger partial charge on any atom is -0.487 e. The van der Waals surface area contributed by atoms with Crippen molar-refractivity contribution in [1.82, 2.24) is 10.3 Å². The Morgan fingerprint density at radius 2 is 2.30 bits per heavy atom. The fraction of sp³-hybridized carbons (Fsp3) is 0.688. The normalized spacial score (nSPS) is 24.4. The lowest BCUT2D eigenvalue weighted by Crippen LogP contribution is -2.58. The highest BCUT2D eigenvalue weighted by Gasteiger charge is 2.41. The molecule has 1 aromatic rings. The molecular weight excluding hydrogens is 250 g/mol. The number of pyridine rings is 1. The Balaban J connectivity index is 1.67. The van der Waals surface area contributed by atoms with E-state index in [1.54, 1.807) is 0 Å². The van der Waals surface area contributed by atoms with Crippen molar-refractivity contribution in [1.29, 1.82) is 0 Å². The third-order valence-electron chi connectivity index (χ3n) is 4.41. The summed E-state index contributed by atoms with van der Waals surface area (Å²) in [5.74, 6) is 1.76. The van der Waals surface area contributed by atoms with Crippen LogP contribution >= 0.6 is 0 Å². The summed E-state index contributed by atoms with van der Waals surface area (Å²) in [7, 11) is 0. The van der Waals surface area contributed by atoms with E-state index >= 15 is 0 Å². The second-order valence-corrected chi connectivity index (χ2v) is 6.41. The molecule has 1 aromatic heterocycles. The van der Waals surface area contributed by atoms with Gasteiger partial charge in [0, 0.05) is 17.8 Å². The van der Waals surface area contributed by atoms with Crippen LogP contribution in [0.2, 0.25) is 0 Å². The summed E-state index contributed by atoms with van der Waals surface area (Å²) in [5.41, 5.74) is 0.407. The molecule has 1 atom stereocenters. The lowest BCUT2D eigenvalue weighted by Gasteiger charge is -2.48. The zero-order valence-electron chi connectivity index (χ0n) is 12.5. The molecule has 1 saturated heterocycles. The quantitative estimate of drug-likeness (QED) is 0.887. The Hall–Kier alpha value is -1.29. The number of anilines is 1. The molecule has 20 heavy (non-hydrogen) atoms. The number of ether oxygens (including phenoxy) is 1. The van der Waals surface area contributed by atoms with Crippen LogP contribution in [0.3, 0.4) is 0 Å². The summed E-state index contributed by atoms with van der Waals surface area (Å²) in [6.07, 6.45) is 8.36. The Labute approximate surface area is 121 Å². The molecule has 2 heterocycles. The third kappa shape index (κ3) is 2.90. The Kier molecular flexibility index (Phi) is 3.83. The molecule has 4 nitrogen and oxygen atoms in total. The monoisotopic (exact) mass is 275 g/mol. The lowest BCUT2D eigenvalue weighted by molar-refractivity contribution is 0.135. The predicted molar refractivity (Wildman–Crippen MR) is 81.2 cm³/mol. The molecule has 0 aromatic carbocycles. The molecule has 1 saturated carbocycles. The maximum absolute atomic E-state index is 5.84. The molecule has 0 bridgehead atoms. The maximum atomic E-state index is 5.84. The number of hydrogen-bond acceptors (Lipinski definition) is 4. The van der Waals surface area contributed by atoms with Crippen molar-refractivity contribution in [2.75, 3.05) is 11.9 Å². The Morgan fingerprint density at radius 3 is 3.00 bits per heavy atom. The highest BCUT2D eigenvalue weighted by atomic mass is 16.5. The van der Waals surface area contributed by atoms with Gasteiger partial charge in [-0.2, -0.15) is 0 Å². The van der Waals surface area contributed by atoms with Crippen LogP contribution in [-0.2, 0) is 0 Å². The molecule has 1 aliphatic heterocycles. The van der Waals surface area contributed by atoms with Gasteiger partial charge in [0.05, 0.1) is 6.10 Å². The summed E-state index contributed by atoms with van der Waals surface area (Å²) in [6, 6.07) is 4.43. The van der Waals surface area contributed by atoms with Crippen molar-refractivity contribution in [3.05, 3.63) is 18.3 Å². The number of aromatic nitrogens is 1. The van der Waals surface area contributed by atoms with Crippen LogP contribution in [0.25, 0.3) is 0 Å². The third-order valence-corrected chi connectivity index (χ3v) is 4.41. The first-order chi connectivity index (χ1) is 9.67. The van der Waals surface area contributed by atoms with Crippen LogP contribution < -0.4 is 15.4 Å². The van der Waals surface area contributed by atoms with E-state index in [0.717, 1.165) is 24.5 Å². The van der Waals surface area contributed by atoms with Crippen molar-refractivity contribution in [2.24, 2.45) is 0 Å². The van der Waals surface area contributed by atoms with Crippen molar-refractivity contribution in [3.8, 4) is 5.75 Å². The van der Waals surface area contributed by atoms with Gasteiger partial charge in [0.15, 0.2) is 11.6 Å². The molecular formula is C16H25N3O. The summed E-state index contributed by atoms with van der Waals surface area (Å²) < 4.78 is 5.84. The molecule has 110 valence electrons. The summed E-state index contributed by atoms with van der Waals surface area (Å²) in [5, 5.41) is 7.30. The van der Waals surface area contributed by atoms with Gasteiger partial charge in [0.25, 0.3) is 0 Å². The van der Waals surface area contributed by atoms with Gasteiger partial charge in [-0.05, 0) is 64.6 Å². The molecule has 2 fully saturated rings. The number of hydrogen-bond donors (Lipinski definition) is 2. The van der Waals surface area contributed by atoms with Crippen LogP contribution in [0.4, 0.5) is 5.82 Å². The number of rotatable bonds is 4. The van der Waals surface area contributed by atoms with E-state index < -0.39 is 0 Å². The second-order valence-electron chi connectivity index (χ2n) is 6.41. The van der Waals surface area contributed by atoms with E-state index in [-0.39, 0.29) is 6.10 Å². The van der Waals surface area contributed by atoms with Gasteiger partial charge in [-0.15, -0.1) is 0 Å². The van der Waals surface area contributed by atoms with Gasteiger partial charge >= 0.3 is 0 Å². The highest BCUT2D eigenvalue weighted by molar-refractivity contribution is 5.50. The molecule has 1 spiro atoms. The molecule has 0 radical (unpaired) electrons. The predicted octanol–water partition coefficient (Wildman–Crippen LogP) is 2.96. The van der Waals surface area contributed by atoms with Gasteiger partial charge in [-0.25, -0.2) is 4.98 Å². The van der Waals surface area contributed by atoms with Crippen molar-refractivity contribution >= 4 is 5.82 Å². The number of nitrogens with zero attached hydrogens (tertiary/aromatic N) is 1. The number of nitrogens with one attached hydrogen (secondary N) is 2. The van der Waals surface area contributed by atoms with Crippen LogP contribution in [0.5, 0.6) is 5.75 Å². The largest absolute Gasteiger partial charge is 0.487 e. The van der Waals surface area contributed by atoms with Crippen molar-refractivity contribution in [3.63, 3.8) is 0 Å². The van der Waals surface area contributed by atoms with Gasteiger partial charge in [0.1, 0.15) is 0 Å². The average molecular weight is 275 g/mol. The zero-order chi connectivity index (χ0) is 14.0.